The summed E-state index contributed by atoms with van der Waals surface area (Å²) in [6.45, 7) is 8.68. The van der Waals surface area contributed by atoms with E-state index < -0.39 is 14.4 Å². The van der Waals surface area contributed by atoms with Crippen LogP contribution in [-0.2, 0) is 75.8 Å². The van der Waals surface area contributed by atoms with E-state index in [9.17, 15) is 24.3 Å². The van der Waals surface area contributed by atoms with Gasteiger partial charge in [0, 0.05) is 49.6 Å². The molecule has 0 saturated carbocycles. The first kappa shape index (κ1) is 87.8. The maximum absolute atomic E-state index is 12.9. The maximum Gasteiger partial charge on any atom is 0.521 e. The number of rotatable bonds is 63. The average Bonchev–Trinajstić information content (AvgIpc) is 1.64. The molecule has 15 atom stereocenters. The van der Waals surface area contributed by atoms with Gasteiger partial charge in [-0.1, -0.05) is 227 Å². The predicted molar refractivity (Wildman–Crippen MR) is 372 cm³/mol. The second-order valence-corrected chi connectivity index (χ2v) is 28.9. The lowest BCUT2D eigenvalue weighted by Gasteiger charge is -2.18. The van der Waals surface area contributed by atoms with Crippen LogP contribution in [0.5, 0.6) is 0 Å². The van der Waals surface area contributed by atoms with Crippen LogP contribution in [0.15, 0.2) is 0 Å². The third kappa shape index (κ3) is 46.9. The highest BCUT2D eigenvalue weighted by atomic mass is 31.1. The van der Waals surface area contributed by atoms with Gasteiger partial charge in [-0.05, 0) is 81.6 Å². The Morgan fingerprint density at radius 3 is 1.00 bits per heavy atom. The number of aliphatic hydroxyl groups excluding tert-OH is 1. The van der Waals surface area contributed by atoms with E-state index in [2.05, 4.69) is 37.1 Å². The van der Waals surface area contributed by atoms with E-state index in [1.807, 2.05) is 0 Å². The third-order valence-electron chi connectivity index (χ3n) is 19.7. The molecule has 0 spiro atoms. The number of hydrogen-bond acceptors (Lipinski definition) is 20. The highest BCUT2D eigenvalue weighted by Crippen LogP contribution is 2.43. The van der Waals surface area contributed by atoms with Crippen molar-refractivity contribution in [3.8, 4) is 0 Å². The van der Waals surface area contributed by atoms with E-state index in [4.69, 9.17) is 57.3 Å². The van der Waals surface area contributed by atoms with Crippen molar-refractivity contribution in [2.24, 2.45) is 0 Å². The lowest BCUT2D eigenvalue weighted by Crippen LogP contribution is -2.30. The van der Waals surface area contributed by atoms with Crippen LogP contribution in [-0.4, -0.2) is 140 Å². The van der Waals surface area contributed by atoms with Gasteiger partial charge < -0.3 is 63.5 Å². The predicted octanol–water partition coefficient (Wildman–Crippen LogP) is 17.3. The largest absolute Gasteiger partial charge is 0.565 e. The van der Waals surface area contributed by atoms with Gasteiger partial charge in [0.2, 0.25) is 0 Å². The van der Waals surface area contributed by atoms with Gasteiger partial charge >= 0.3 is 32.1 Å². The molecule has 0 bridgehead atoms. The van der Waals surface area contributed by atoms with Gasteiger partial charge in [-0.2, -0.15) is 0 Å². The summed E-state index contributed by atoms with van der Waals surface area (Å²) in [7, 11) is -1.60. The first-order valence-electron chi connectivity index (χ1n) is 38.9. The van der Waals surface area contributed by atoms with Gasteiger partial charge in [0.25, 0.3) is 0 Å². The fourth-order valence-electron chi connectivity index (χ4n) is 13.3. The molecule has 0 aromatic heterocycles. The quantitative estimate of drug-likeness (QED) is 0.00969. The van der Waals surface area contributed by atoms with E-state index in [-0.39, 0.29) is 49.3 Å². The minimum Gasteiger partial charge on any atom is -0.565 e. The summed E-state index contributed by atoms with van der Waals surface area (Å²) in [5, 5.41) is 16.9. The fourth-order valence-corrected chi connectivity index (χ4v) is 13.3. The van der Waals surface area contributed by atoms with E-state index in [1.54, 1.807) is 0 Å². The number of carbonyl (C=O) groups is 4. The molecule has 20 nitrogen and oxygen atoms in total. The normalized spacial score (nSPS) is 24.6. The van der Waals surface area contributed by atoms with Crippen molar-refractivity contribution in [1.29, 1.82) is 0 Å². The molecule has 96 heavy (non-hydrogen) atoms. The topological polar surface area (TPSA) is 305 Å². The number of unbranched alkanes of at least 4 members (excludes halogenated alkanes) is 28. The van der Waals surface area contributed by atoms with Crippen LogP contribution in [0.3, 0.4) is 0 Å². The monoisotopic (exact) mass is 1390 g/mol. The molecular weight excluding hydrogens is 1250 g/mol. The summed E-state index contributed by atoms with van der Waals surface area (Å²) < 4.78 is 68.3. The molecule has 6 fully saturated rings. The molecule has 6 aliphatic rings. The molecule has 21 heteroatoms. The standard InChI is InChI=1S/C57H98O12.C18H36O3.H3N.HO4P/c1-4-7-9-10-14-22-30-44-45(65-44)31-23-15-13-20-28-36-57(60)63-42(40-61-55(58)34-26-18-11-16-24-32-47-51(67-47)38-50-46(66-50)29-21-8-5-2)41-62-56(59)35-27-19-12-17-25-33-48-52(68-48)39-54-53(69-54)37-49-43(6-3)64-49;1-3-4-5-8-11-14-17(19)15-12-9-6-7-10-13-16-18(20)21-2;;1-4-5(2)3/h42-54H,4-41H2,1-3H3;17,19H,3-16H2,1-2H3;1H3;1H. The van der Waals surface area contributed by atoms with E-state index in [1.165, 1.54) is 129 Å². The number of methoxy groups -OCH3 is 1. The number of aliphatic hydroxyl groups is 1. The van der Waals surface area contributed by atoms with Crippen molar-refractivity contribution in [2.75, 3.05) is 20.3 Å². The SMILES string of the molecule is CCCCCCCC(O)CCCCCCCCC(=O)OC.CCCCCCCCC1OC1CCCCCCCC(=O)OC(COC(=O)CCCCCCCC1OC1CC1OC1CCCCC)COC(=O)CCCCCCCC1OC1CC1OC1CC1OC1CC.N.O=[P+]([O-])OO. The minimum absolute atomic E-state index is 0. The molecule has 6 saturated heterocycles. The second-order valence-electron chi connectivity index (χ2n) is 28.2. The Labute approximate surface area is 581 Å². The summed E-state index contributed by atoms with van der Waals surface area (Å²) in [6, 6.07) is 0. The lowest BCUT2D eigenvalue weighted by molar-refractivity contribution is -0.244. The summed E-state index contributed by atoms with van der Waals surface area (Å²) in [6.07, 6.45) is 57.4. The zero-order chi connectivity index (χ0) is 68.5. The first-order valence-corrected chi connectivity index (χ1v) is 40.0. The van der Waals surface area contributed by atoms with Gasteiger partial charge in [-0.3, -0.25) is 19.2 Å². The molecule has 0 radical (unpaired) electrons. The molecular formula is C75H138NO19P. The van der Waals surface area contributed by atoms with Crippen molar-refractivity contribution < 1.29 is 91.0 Å². The van der Waals surface area contributed by atoms with Crippen LogP contribution in [0.1, 0.15) is 349 Å². The third-order valence-corrected chi connectivity index (χ3v) is 19.9. The average molecular weight is 1390 g/mol. The van der Waals surface area contributed by atoms with E-state index >= 15 is 0 Å². The highest BCUT2D eigenvalue weighted by molar-refractivity contribution is 7.30. The summed E-state index contributed by atoms with van der Waals surface area (Å²) >= 11 is 0. The zero-order valence-corrected chi connectivity index (χ0v) is 61.7. The first-order chi connectivity index (χ1) is 46.3. The summed E-state index contributed by atoms with van der Waals surface area (Å²) in [4.78, 5) is 58.2. The van der Waals surface area contributed by atoms with Crippen molar-refractivity contribution in [3.05, 3.63) is 0 Å². The molecule has 0 aromatic carbocycles. The number of epoxide rings is 6. The highest BCUT2D eigenvalue weighted by Gasteiger charge is 2.51. The molecule has 6 aliphatic heterocycles. The number of hydrogen-bond donors (Lipinski definition) is 3. The van der Waals surface area contributed by atoms with Gasteiger partial charge in [0.05, 0.1) is 86.5 Å². The molecule has 0 aliphatic carbocycles. The Morgan fingerprint density at radius 1 is 0.385 bits per heavy atom. The van der Waals surface area contributed by atoms with Crippen molar-refractivity contribution in [1.82, 2.24) is 6.15 Å². The van der Waals surface area contributed by atoms with Gasteiger partial charge in [-0.25, -0.2) is 5.26 Å². The van der Waals surface area contributed by atoms with Gasteiger partial charge in [0.1, 0.15) is 13.2 Å². The van der Waals surface area contributed by atoms with E-state index in [0.717, 1.165) is 173 Å². The van der Waals surface area contributed by atoms with Crippen molar-refractivity contribution in [3.63, 3.8) is 0 Å². The Kier molecular flexibility index (Phi) is 51.3. The Morgan fingerprint density at radius 2 is 0.646 bits per heavy atom. The van der Waals surface area contributed by atoms with Gasteiger partial charge in [0.15, 0.2) is 6.10 Å². The minimum atomic E-state index is -3.04. The molecule has 6 heterocycles. The number of ether oxygens (including phenoxy) is 10. The lowest BCUT2D eigenvalue weighted by atomic mass is 10.0. The summed E-state index contributed by atoms with van der Waals surface area (Å²) in [5.74, 6) is -1.06. The van der Waals surface area contributed by atoms with Crippen LogP contribution < -0.4 is 11.0 Å². The summed E-state index contributed by atoms with van der Waals surface area (Å²) in [5.41, 5.74) is 0. The maximum atomic E-state index is 12.9. The van der Waals surface area contributed by atoms with E-state index in [0.29, 0.717) is 98.9 Å². The molecule has 0 aromatic rings. The van der Waals surface area contributed by atoms with Crippen LogP contribution in [0.4, 0.5) is 0 Å². The molecule has 562 valence electrons. The van der Waals surface area contributed by atoms with Crippen molar-refractivity contribution >= 4 is 32.1 Å². The molecule has 0 amide bonds. The van der Waals surface area contributed by atoms with Crippen LogP contribution in [0, 0.1) is 0 Å². The smallest absolute Gasteiger partial charge is 0.521 e. The number of carbonyl (C=O) groups excluding carboxylic acids is 4. The molecule has 6 rings (SSSR count). The zero-order valence-electron chi connectivity index (χ0n) is 60.8. The van der Waals surface area contributed by atoms with Crippen LogP contribution in [0.2, 0.25) is 0 Å². The van der Waals surface area contributed by atoms with Crippen LogP contribution >= 0.6 is 8.25 Å². The number of esters is 4. The Hall–Kier alpha value is -2.46. The second kappa shape index (κ2) is 56.1. The molecule has 5 N–H and O–H groups in total. The van der Waals surface area contributed by atoms with Crippen molar-refractivity contribution in [2.45, 2.75) is 434 Å². The van der Waals surface area contributed by atoms with Gasteiger partial charge in [-0.15, -0.1) is 0 Å². The fraction of sp³-hybridized carbons (Fsp3) is 0.947. The molecule has 15 unspecified atom stereocenters. The Bertz CT molecular complexity index is 1980. The Balaban J connectivity index is 0.000000748. The van der Waals surface area contributed by atoms with Crippen LogP contribution in [0.25, 0.3) is 0 Å².